The fourth-order valence-corrected chi connectivity index (χ4v) is 3.02. The largest absolute Gasteiger partial charge is 0.456 e. The zero-order valence-electron chi connectivity index (χ0n) is 10.2. The molecule has 2 aromatic carbocycles. The fraction of sp³-hybridized carbons (Fsp3) is 0.250. The van der Waals surface area contributed by atoms with Crippen LogP contribution in [0.25, 0.3) is 21.9 Å². The van der Waals surface area contributed by atoms with Crippen molar-refractivity contribution in [2.24, 2.45) is 0 Å². The Morgan fingerprint density at radius 2 is 1.56 bits per heavy atom. The van der Waals surface area contributed by atoms with Crippen LogP contribution < -0.4 is 5.73 Å². The van der Waals surface area contributed by atoms with Crippen molar-refractivity contribution in [3.63, 3.8) is 0 Å². The van der Waals surface area contributed by atoms with Crippen LogP contribution >= 0.6 is 0 Å². The first-order valence-corrected chi connectivity index (χ1v) is 6.55. The molecule has 0 atom stereocenters. The van der Waals surface area contributed by atoms with Crippen molar-refractivity contribution in [3.8, 4) is 0 Å². The Kier molecular flexibility index (Phi) is 1.95. The van der Waals surface area contributed by atoms with E-state index in [0.717, 1.165) is 22.2 Å². The second-order valence-electron chi connectivity index (χ2n) is 5.18. The zero-order chi connectivity index (χ0) is 12.1. The second-order valence-corrected chi connectivity index (χ2v) is 5.18. The number of aryl methyl sites for hydroxylation is 2. The molecular weight excluding hydrogens is 222 g/mol. The van der Waals surface area contributed by atoms with E-state index in [0.29, 0.717) is 0 Å². The molecule has 0 aliphatic heterocycles. The van der Waals surface area contributed by atoms with E-state index in [1.165, 1.54) is 42.2 Å². The summed E-state index contributed by atoms with van der Waals surface area (Å²) in [7, 11) is 0. The van der Waals surface area contributed by atoms with E-state index in [-0.39, 0.29) is 0 Å². The Labute approximate surface area is 105 Å². The fourth-order valence-electron chi connectivity index (χ4n) is 3.02. The Bertz CT molecular complexity index is 754. The van der Waals surface area contributed by atoms with Gasteiger partial charge in [0.1, 0.15) is 11.2 Å². The maximum absolute atomic E-state index is 5.92. The van der Waals surface area contributed by atoms with E-state index in [4.69, 9.17) is 10.2 Å². The first-order chi connectivity index (χ1) is 8.81. The number of rotatable bonds is 0. The standard InChI is InChI=1S/C16H15NO/c17-12-5-6-15-14(9-12)13-7-10-3-1-2-4-11(10)8-16(13)18-15/h5-9H,1-4,17H2. The summed E-state index contributed by atoms with van der Waals surface area (Å²) in [5.74, 6) is 0. The molecule has 18 heavy (non-hydrogen) atoms. The molecule has 0 saturated carbocycles. The van der Waals surface area contributed by atoms with Crippen LogP contribution in [0.3, 0.4) is 0 Å². The molecule has 0 spiro atoms. The van der Waals surface area contributed by atoms with Crippen molar-refractivity contribution in [1.29, 1.82) is 0 Å². The van der Waals surface area contributed by atoms with Crippen LogP contribution in [0.4, 0.5) is 5.69 Å². The molecule has 1 heterocycles. The molecule has 1 aliphatic rings. The summed E-state index contributed by atoms with van der Waals surface area (Å²) in [6.07, 6.45) is 4.98. The van der Waals surface area contributed by atoms with E-state index in [9.17, 15) is 0 Å². The molecule has 0 bridgehead atoms. The van der Waals surface area contributed by atoms with E-state index in [2.05, 4.69) is 12.1 Å². The van der Waals surface area contributed by atoms with Gasteiger partial charge in [-0.3, -0.25) is 0 Å². The quantitative estimate of drug-likeness (QED) is 0.599. The topological polar surface area (TPSA) is 39.2 Å². The van der Waals surface area contributed by atoms with E-state index in [1.807, 2.05) is 18.2 Å². The van der Waals surface area contributed by atoms with Gasteiger partial charge in [-0.2, -0.15) is 0 Å². The highest BCUT2D eigenvalue weighted by Crippen LogP contribution is 2.34. The van der Waals surface area contributed by atoms with E-state index >= 15 is 0 Å². The van der Waals surface area contributed by atoms with Crippen LogP contribution in [-0.2, 0) is 12.8 Å². The average molecular weight is 237 g/mol. The van der Waals surface area contributed by atoms with Gasteiger partial charge in [0.05, 0.1) is 0 Å². The molecule has 1 aromatic heterocycles. The Morgan fingerprint density at radius 1 is 0.833 bits per heavy atom. The molecule has 2 nitrogen and oxygen atoms in total. The molecule has 3 aromatic rings. The lowest BCUT2D eigenvalue weighted by molar-refractivity contribution is 0.659. The molecule has 2 N–H and O–H groups in total. The van der Waals surface area contributed by atoms with E-state index in [1.54, 1.807) is 0 Å². The molecule has 0 amide bonds. The number of hydrogen-bond acceptors (Lipinski definition) is 2. The van der Waals surface area contributed by atoms with Crippen molar-refractivity contribution in [2.75, 3.05) is 5.73 Å². The SMILES string of the molecule is Nc1ccc2oc3cc4c(cc3c2c1)CCCC4. The third-order valence-electron chi connectivity index (χ3n) is 3.96. The molecular formula is C16H15NO. The van der Waals surface area contributed by atoms with Gasteiger partial charge < -0.3 is 10.2 Å². The summed E-state index contributed by atoms with van der Waals surface area (Å²) in [4.78, 5) is 0. The van der Waals surface area contributed by atoms with Gasteiger partial charge in [-0.1, -0.05) is 0 Å². The molecule has 1 aliphatic carbocycles. The molecule has 4 rings (SSSR count). The normalized spacial score (nSPS) is 15.1. The number of hydrogen-bond donors (Lipinski definition) is 1. The molecule has 0 fully saturated rings. The van der Waals surface area contributed by atoms with Crippen LogP contribution in [0.15, 0.2) is 34.7 Å². The van der Waals surface area contributed by atoms with Crippen LogP contribution in [0.2, 0.25) is 0 Å². The van der Waals surface area contributed by atoms with Crippen LogP contribution in [-0.4, -0.2) is 0 Å². The summed E-state index contributed by atoms with van der Waals surface area (Å²) < 4.78 is 5.92. The minimum absolute atomic E-state index is 0.794. The van der Waals surface area contributed by atoms with Gasteiger partial charge in [-0.25, -0.2) is 0 Å². The monoisotopic (exact) mass is 237 g/mol. The van der Waals surface area contributed by atoms with Gasteiger partial charge in [0.2, 0.25) is 0 Å². The highest BCUT2D eigenvalue weighted by molar-refractivity contribution is 6.06. The van der Waals surface area contributed by atoms with Crippen molar-refractivity contribution < 1.29 is 4.42 Å². The van der Waals surface area contributed by atoms with Crippen molar-refractivity contribution in [3.05, 3.63) is 41.5 Å². The number of anilines is 1. The molecule has 0 unspecified atom stereocenters. The Morgan fingerprint density at radius 3 is 2.39 bits per heavy atom. The van der Waals surface area contributed by atoms with E-state index < -0.39 is 0 Å². The van der Waals surface area contributed by atoms with Crippen molar-refractivity contribution >= 4 is 27.6 Å². The van der Waals surface area contributed by atoms with Gasteiger partial charge >= 0.3 is 0 Å². The number of furan rings is 1. The summed E-state index contributed by atoms with van der Waals surface area (Å²) in [6.45, 7) is 0. The lowest BCUT2D eigenvalue weighted by Gasteiger charge is -2.14. The predicted molar refractivity (Wildman–Crippen MR) is 74.8 cm³/mol. The van der Waals surface area contributed by atoms with Crippen LogP contribution in [0.1, 0.15) is 24.0 Å². The zero-order valence-corrected chi connectivity index (χ0v) is 10.2. The number of nitrogen functional groups attached to an aromatic ring is 1. The van der Waals surface area contributed by atoms with Crippen molar-refractivity contribution in [1.82, 2.24) is 0 Å². The third kappa shape index (κ3) is 1.35. The summed E-state index contributed by atoms with van der Waals surface area (Å²) in [5.41, 5.74) is 11.5. The smallest absolute Gasteiger partial charge is 0.135 e. The second kappa shape index (κ2) is 3.52. The molecule has 2 heteroatoms. The minimum Gasteiger partial charge on any atom is -0.456 e. The van der Waals surface area contributed by atoms with Gasteiger partial charge in [-0.05, 0) is 67.1 Å². The first kappa shape index (κ1) is 10.0. The van der Waals surface area contributed by atoms with Gasteiger partial charge in [0.15, 0.2) is 0 Å². The minimum atomic E-state index is 0.794. The molecule has 0 radical (unpaired) electrons. The Balaban J connectivity index is 2.10. The maximum Gasteiger partial charge on any atom is 0.135 e. The average Bonchev–Trinajstić information content (AvgIpc) is 2.73. The highest BCUT2D eigenvalue weighted by Gasteiger charge is 2.14. The Hall–Kier alpha value is -1.96. The lowest BCUT2D eigenvalue weighted by atomic mass is 9.90. The van der Waals surface area contributed by atoms with Gasteiger partial charge in [0.25, 0.3) is 0 Å². The number of benzene rings is 2. The lowest BCUT2D eigenvalue weighted by Crippen LogP contribution is -2.01. The number of fused-ring (bicyclic) bond motifs is 4. The maximum atomic E-state index is 5.92. The van der Waals surface area contributed by atoms with Crippen LogP contribution in [0.5, 0.6) is 0 Å². The van der Waals surface area contributed by atoms with Gasteiger partial charge in [-0.15, -0.1) is 0 Å². The first-order valence-electron chi connectivity index (χ1n) is 6.55. The highest BCUT2D eigenvalue weighted by atomic mass is 16.3. The molecule has 90 valence electrons. The summed E-state index contributed by atoms with van der Waals surface area (Å²) >= 11 is 0. The summed E-state index contributed by atoms with van der Waals surface area (Å²) in [5, 5.41) is 2.34. The molecule has 0 saturated heterocycles. The van der Waals surface area contributed by atoms with Crippen LogP contribution in [0, 0.1) is 0 Å². The number of nitrogens with two attached hydrogens (primary N) is 1. The van der Waals surface area contributed by atoms with Gasteiger partial charge in [0, 0.05) is 16.5 Å². The summed E-state index contributed by atoms with van der Waals surface area (Å²) in [6, 6.07) is 10.4. The van der Waals surface area contributed by atoms with Crippen molar-refractivity contribution in [2.45, 2.75) is 25.7 Å². The predicted octanol–water partition coefficient (Wildman–Crippen LogP) is 4.05. The third-order valence-corrected chi connectivity index (χ3v) is 3.96.